The Morgan fingerprint density at radius 2 is 2.05 bits per heavy atom. The summed E-state index contributed by atoms with van der Waals surface area (Å²) in [5.41, 5.74) is 2.81. The topological polar surface area (TPSA) is 59.1 Å². The SMILES string of the molecule is Cc1nc(CNc2cc(S(C)(=O)=O)ccc2C)cs1. The molecular weight excluding hydrogens is 280 g/mol. The van der Waals surface area contributed by atoms with Crippen molar-refractivity contribution in [2.75, 3.05) is 11.6 Å². The number of anilines is 1. The number of hydrogen-bond donors (Lipinski definition) is 1. The van der Waals surface area contributed by atoms with Gasteiger partial charge in [0.2, 0.25) is 0 Å². The van der Waals surface area contributed by atoms with Crippen LogP contribution in [0.15, 0.2) is 28.5 Å². The number of aromatic nitrogens is 1. The predicted octanol–water partition coefficient (Wildman–Crippen LogP) is 2.78. The van der Waals surface area contributed by atoms with E-state index in [1.807, 2.05) is 25.3 Å². The van der Waals surface area contributed by atoms with Crippen LogP contribution in [-0.4, -0.2) is 19.7 Å². The summed E-state index contributed by atoms with van der Waals surface area (Å²) in [6.45, 7) is 4.50. The highest BCUT2D eigenvalue weighted by Gasteiger charge is 2.09. The Balaban J connectivity index is 2.20. The first-order valence-corrected chi connectivity index (χ1v) is 8.59. The lowest BCUT2D eigenvalue weighted by Gasteiger charge is -2.10. The number of hydrogen-bond acceptors (Lipinski definition) is 5. The van der Waals surface area contributed by atoms with E-state index in [2.05, 4.69) is 10.3 Å². The fourth-order valence-corrected chi connectivity index (χ4v) is 2.96. The second-order valence-electron chi connectivity index (χ2n) is 4.46. The summed E-state index contributed by atoms with van der Waals surface area (Å²) >= 11 is 1.60. The van der Waals surface area contributed by atoms with Gasteiger partial charge in [-0.3, -0.25) is 0 Å². The quantitative estimate of drug-likeness (QED) is 0.942. The lowest BCUT2D eigenvalue weighted by molar-refractivity contribution is 0.602. The van der Waals surface area contributed by atoms with E-state index >= 15 is 0 Å². The summed E-state index contributed by atoms with van der Waals surface area (Å²) in [7, 11) is -3.17. The molecule has 0 aliphatic rings. The fourth-order valence-electron chi connectivity index (χ4n) is 1.70. The molecule has 0 aliphatic carbocycles. The van der Waals surface area contributed by atoms with Gasteiger partial charge in [0, 0.05) is 17.3 Å². The molecule has 19 heavy (non-hydrogen) atoms. The molecule has 1 aromatic heterocycles. The maximum absolute atomic E-state index is 11.5. The zero-order valence-electron chi connectivity index (χ0n) is 11.1. The molecule has 0 aliphatic heterocycles. The molecule has 102 valence electrons. The minimum absolute atomic E-state index is 0.329. The van der Waals surface area contributed by atoms with Crippen molar-refractivity contribution in [1.29, 1.82) is 0 Å². The van der Waals surface area contributed by atoms with Crippen LogP contribution in [-0.2, 0) is 16.4 Å². The smallest absolute Gasteiger partial charge is 0.175 e. The van der Waals surface area contributed by atoms with Gasteiger partial charge in [0.1, 0.15) is 0 Å². The summed E-state index contributed by atoms with van der Waals surface area (Å²) in [5.74, 6) is 0. The van der Waals surface area contributed by atoms with Crippen molar-refractivity contribution in [1.82, 2.24) is 4.98 Å². The van der Waals surface area contributed by atoms with Crippen LogP contribution in [0.5, 0.6) is 0 Å². The summed E-state index contributed by atoms with van der Waals surface area (Å²) in [4.78, 5) is 4.69. The second-order valence-corrected chi connectivity index (χ2v) is 7.54. The number of thiazole rings is 1. The van der Waals surface area contributed by atoms with Gasteiger partial charge in [-0.1, -0.05) is 6.07 Å². The van der Waals surface area contributed by atoms with Crippen molar-refractivity contribution in [3.63, 3.8) is 0 Å². The Bertz CT molecular complexity index is 690. The zero-order valence-corrected chi connectivity index (χ0v) is 12.7. The first kappa shape index (κ1) is 14.0. The average Bonchev–Trinajstić information content (AvgIpc) is 2.72. The molecule has 2 rings (SSSR count). The molecule has 1 heterocycles. The van der Waals surface area contributed by atoms with Crippen LogP contribution in [0.3, 0.4) is 0 Å². The van der Waals surface area contributed by atoms with E-state index in [9.17, 15) is 8.42 Å². The Kier molecular flexibility index (Phi) is 3.91. The molecule has 0 saturated heterocycles. The van der Waals surface area contributed by atoms with E-state index in [1.165, 1.54) is 6.26 Å². The van der Waals surface area contributed by atoms with Crippen LogP contribution in [0, 0.1) is 13.8 Å². The molecule has 0 saturated carbocycles. The van der Waals surface area contributed by atoms with Crippen LogP contribution >= 0.6 is 11.3 Å². The van der Waals surface area contributed by atoms with Crippen molar-refractivity contribution in [2.24, 2.45) is 0 Å². The Labute approximate surface area is 117 Å². The third-order valence-electron chi connectivity index (χ3n) is 2.76. The van der Waals surface area contributed by atoms with Crippen LogP contribution in [0.2, 0.25) is 0 Å². The highest BCUT2D eigenvalue weighted by atomic mass is 32.2. The van der Waals surface area contributed by atoms with E-state index in [1.54, 1.807) is 23.5 Å². The first-order chi connectivity index (χ1) is 8.86. The number of nitrogens with one attached hydrogen (secondary N) is 1. The largest absolute Gasteiger partial charge is 0.379 e. The van der Waals surface area contributed by atoms with Crippen molar-refractivity contribution in [3.05, 3.63) is 39.8 Å². The standard InChI is InChI=1S/C13H16N2O2S2/c1-9-4-5-12(19(3,16)17)6-13(9)14-7-11-8-18-10(2)15-11/h4-6,8,14H,7H2,1-3H3. The van der Waals surface area contributed by atoms with Gasteiger partial charge in [-0.2, -0.15) is 0 Å². The Hall–Kier alpha value is -1.40. The van der Waals surface area contributed by atoms with E-state index in [0.717, 1.165) is 22.0 Å². The van der Waals surface area contributed by atoms with Gasteiger partial charge in [-0.05, 0) is 31.5 Å². The van der Waals surface area contributed by atoms with E-state index < -0.39 is 9.84 Å². The van der Waals surface area contributed by atoms with Crippen LogP contribution < -0.4 is 5.32 Å². The third-order valence-corrected chi connectivity index (χ3v) is 4.70. The molecule has 0 amide bonds. The third kappa shape index (κ3) is 3.54. The molecule has 0 bridgehead atoms. The lowest BCUT2D eigenvalue weighted by Crippen LogP contribution is -2.04. The minimum atomic E-state index is -3.17. The molecule has 2 aromatic rings. The van der Waals surface area contributed by atoms with Gasteiger partial charge in [0.25, 0.3) is 0 Å². The maximum atomic E-state index is 11.5. The van der Waals surface area contributed by atoms with Gasteiger partial charge in [0.05, 0.1) is 22.1 Å². The normalized spacial score (nSPS) is 11.5. The van der Waals surface area contributed by atoms with Crippen molar-refractivity contribution < 1.29 is 8.42 Å². The van der Waals surface area contributed by atoms with Crippen molar-refractivity contribution >= 4 is 26.9 Å². The zero-order chi connectivity index (χ0) is 14.0. The van der Waals surface area contributed by atoms with Crippen LogP contribution in [0.4, 0.5) is 5.69 Å². The molecule has 0 spiro atoms. The lowest BCUT2D eigenvalue weighted by atomic mass is 10.2. The summed E-state index contributed by atoms with van der Waals surface area (Å²) in [6.07, 6.45) is 1.21. The molecule has 0 atom stereocenters. The Morgan fingerprint density at radius 1 is 1.32 bits per heavy atom. The second kappa shape index (κ2) is 5.30. The molecule has 6 heteroatoms. The van der Waals surface area contributed by atoms with Crippen LogP contribution in [0.25, 0.3) is 0 Å². The molecule has 4 nitrogen and oxygen atoms in total. The monoisotopic (exact) mass is 296 g/mol. The van der Waals surface area contributed by atoms with E-state index in [4.69, 9.17) is 0 Å². The summed E-state index contributed by atoms with van der Waals surface area (Å²) in [5, 5.41) is 6.26. The number of sulfone groups is 1. The van der Waals surface area contributed by atoms with E-state index in [-0.39, 0.29) is 0 Å². The molecular formula is C13H16N2O2S2. The summed E-state index contributed by atoms with van der Waals surface area (Å²) < 4.78 is 23.1. The number of benzene rings is 1. The van der Waals surface area contributed by atoms with Gasteiger partial charge < -0.3 is 5.32 Å². The highest BCUT2D eigenvalue weighted by Crippen LogP contribution is 2.21. The van der Waals surface area contributed by atoms with Crippen molar-refractivity contribution in [3.8, 4) is 0 Å². The maximum Gasteiger partial charge on any atom is 0.175 e. The average molecular weight is 296 g/mol. The minimum Gasteiger partial charge on any atom is -0.379 e. The molecule has 1 N–H and O–H groups in total. The van der Waals surface area contributed by atoms with Crippen molar-refractivity contribution in [2.45, 2.75) is 25.3 Å². The molecule has 1 aromatic carbocycles. The van der Waals surface area contributed by atoms with Crippen LogP contribution in [0.1, 0.15) is 16.3 Å². The number of rotatable bonds is 4. The molecule has 0 unspecified atom stereocenters. The van der Waals surface area contributed by atoms with Gasteiger partial charge in [-0.25, -0.2) is 13.4 Å². The molecule has 0 radical (unpaired) electrons. The van der Waals surface area contributed by atoms with Gasteiger partial charge in [-0.15, -0.1) is 11.3 Å². The van der Waals surface area contributed by atoms with E-state index in [0.29, 0.717) is 11.4 Å². The van der Waals surface area contributed by atoms with Gasteiger partial charge >= 0.3 is 0 Å². The first-order valence-electron chi connectivity index (χ1n) is 5.82. The fraction of sp³-hybridized carbons (Fsp3) is 0.308. The molecule has 0 fully saturated rings. The Morgan fingerprint density at radius 3 is 2.63 bits per heavy atom. The predicted molar refractivity (Wildman–Crippen MR) is 78.5 cm³/mol. The summed E-state index contributed by atoms with van der Waals surface area (Å²) in [6, 6.07) is 5.11. The van der Waals surface area contributed by atoms with Gasteiger partial charge in [0.15, 0.2) is 9.84 Å². The number of aryl methyl sites for hydroxylation is 2. The number of nitrogens with zero attached hydrogens (tertiary/aromatic N) is 1. The highest BCUT2D eigenvalue weighted by molar-refractivity contribution is 7.90.